The Kier molecular flexibility index (Phi) is 6.78. The molecule has 0 saturated carbocycles. The highest BCUT2D eigenvalue weighted by atomic mass is 35.5. The van der Waals surface area contributed by atoms with Crippen molar-refractivity contribution in [2.24, 2.45) is 5.92 Å². The van der Waals surface area contributed by atoms with Gasteiger partial charge in [0.05, 0.1) is 9.90 Å². The predicted molar refractivity (Wildman–Crippen MR) is 139 cm³/mol. The van der Waals surface area contributed by atoms with Gasteiger partial charge < -0.3 is 9.84 Å². The second-order valence-corrected chi connectivity index (χ2v) is 10.5. The molecule has 0 radical (unpaired) electrons. The number of ether oxygens (including phenoxy) is 1. The van der Waals surface area contributed by atoms with E-state index in [1.807, 2.05) is 24.3 Å². The normalized spacial score (nSPS) is 16.1. The summed E-state index contributed by atoms with van der Waals surface area (Å²) in [5, 5.41) is 10.9. The van der Waals surface area contributed by atoms with Crippen LogP contribution in [0.4, 0.5) is 4.39 Å². The minimum absolute atomic E-state index is 0.0670. The molecule has 1 atom stereocenters. The van der Waals surface area contributed by atoms with E-state index in [-0.39, 0.29) is 22.1 Å². The number of fused-ring (bicyclic) bond motifs is 1. The summed E-state index contributed by atoms with van der Waals surface area (Å²) >= 11 is 7.49. The zero-order valence-corrected chi connectivity index (χ0v) is 20.8. The number of ketones is 1. The van der Waals surface area contributed by atoms with Gasteiger partial charge >= 0.3 is 0 Å². The first-order valence-corrected chi connectivity index (χ1v) is 12.8. The number of phenols is 1. The Hall–Kier alpha value is -2.93. The molecule has 0 spiro atoms. The van der Waals surface area contributed by atoms with Crippen molar-refractivity contribution < 1.29 is 19.0 Å². The van der Waals surface area contributed by atoms with Gasteiger partial charge in [0.25, 0.3) is 0 Å². The average Bonchev–Trinajstić information content (AvgIpc) is 3.42. The van der Waals surface area contributed by atoms with Crippen LogP contribution < -0.4 is 4.74 Å². The number of halogens is 2. The van der Waals surface area contributed by atoms with Gasteiger partial charge in [-0.05, 0) is 73.0 Å². The summed E-state index contributed by atoms with van der Waals surface area (Å²) in [7, 11) is 0. The summed E-state index contributed by atoms with van der Waals surface area (Å²) in [6, 6.07) is 16.5. The number of phenolic OH excluding ortho intramolecular Hbond substituents is 1. The van der Waals surface area contributed by atoms with Crippen LogP contribution in [0.2, 0.25) is 5.02 Å². The molecule has 1 saturated heterocycles. The lowest BCUT2D eigenvalue weighted by molar-refractivity contribution is 0.104. The van der Waals surface area contributed by atoms with Gasteiger partial charge in [-0.2, -0.15) is 0 Å². The topological polar surface area (TPSA) is 49.8 Å². The molecular weight excluding hydrogens is 485 g/mol. The van der Waals surface area contributed by atoms with E-state index in [0.29, 0.717) is 11.5 Å². The number of rotatable bonds is 7. The molecule has 1 N–H and O–H groups in total. The molecule has 0 amide bonds. The van der Waals surface area contributed by atoms with E-state index < -0.39 is 5.82 Å². The molecule has 5 rings (SSSR count). The lowest BCUT2D eigenvalue weighted by Crippen LogP contribution is -2.25. The molecule has 7 heteroatoms. The Balaban J connectivity index is 1.44. The van der Waals surface area contributed by atoms with Crippen molar-refractivity contribution in [1.82, 2.24) is 4.90 Å². The fraction of sp³-hybridized carbons (Fsp3) is 0.250. The number of carbonyl (C=O) groups excluding carboxylic acids is 1. The molecule has 0 bridgehead atoms. The van der Waals surface area contributed by atoms with E-state index in [4.69, 9.17) is 16.3 Å². The molecule has 2 heterocycles. The summed E-state index contributed by atoms with van der Waals surface area (Å²) in [6.45, 7) is 6.05. The van der Waals surface area contributed by atoms with Crippen LogP contribution in [0.5, 0.6) is 11.5 Å². The van der Waals surface area contributed by atoms with Crippen LogP contribution >= 0.6 is 22.9 Å². The molecule has 1 aliphatic rings. The number of hydrogen-bond acceptors (Lipinski definition) is 5. The third kappa shape index (κ3) is 5.06. The average molecular weight is 510 g/mol. The van der Waals surface area contributed by atoms with Crippen molar-refractivity contribution in [3.05, 3.63) is 81.9 Å². The van der Waals surface area contributed by atoms with Gasteiger partial charge in [-0.3, -0.25) is 9.69 Å². The maximum atomic E-state index is 13.6. The molecule has 4 aromatic rings. The highest BCUT2D eigenvalue weighted by molar-refractivity contribution is 7.21. The van der Waals surface area contributed by atoms with Gasteiger partial charge in [0.15, 0.2) is 0 Å². The number of aromatic hydroxyl groups is 1. The van der Waals surface area contributed by atoms with Gasteiger partial charge in [-0.1, -0.05) is 30.7 Å². The van der Waals surface area contributed by atoms with E-state index in [9.17, 15) is 14.3 Å². The molecule has 180 valence electrons. The summed E-state index contributed by atoms with van der Waals surface area (Å²) in [6.07, 6.45) is 1.24. The molecule has 1 aliphatic heterocycles. The lowest BCUT2D eigenvalue weighted by Gasteiger charge is -2.15. The van der Waals surface area contributed by atoms with Gasteiger partial charge in [-0.15, -0.1) is 11.3 Å². The first kappa shape index (κ1) is 23.8. The van der Waals surface area contributed by atoms with E-state index >= 15 is 0 Å². The number of benzene rings is 3. The molecular formula is C28H25ClFNO3S. The van der Waals surface area contributed by atoms with E-state index in [1.54, 1.807) is 18.2 Å². The van der Waals surface area contributed by atoms with Gasteiger partial charge in [0.1, 0.15) is 23.9 Å². The summed E-state index contributed by atoms with van der Waals surface area (Å²) in [5.74, 6) is 0.861. The van der Waals surface area contributed by atoms with Crippen LogP contribution in [-0.2, 0) is 0 Å². The number of thiophene rings is 1. The van der Waals surface area contributed by atoms with Crippen molar-refractivity contribution in [2.45, 2.75) is 13.3 Å². The number of nitrogens with zero attached hydrogens (tertiary/aromatic N) is 1. The standard InChI is InChI=1S/C28H25ClFNO3S/c1-17-10-11-31(16-17)12-13-34-21-6-2-18(3-7-21)26-23-9-5-20(32)15-25(23)35-28(26)27(33)22-8-4-19(30)14-24(22)29/h2-9,14-15,17,32H,10-13,16H2,1H3. The second kappa shape index (κ2) is 9.97. The van der Waals surface area contributed by atoms with Crippen molar-refractivity contribution in [3.63, 3.8) is 0 Å². The summed E-state index contributed by atoms with van der Waals surface area (Å²) < 4.78 is 20.3. The Labute approximate surface area is 212 Å². The molecule has 35 heavy (non-hydrogen) atoms. The van der Waals surface area contributed by atoms with Crippen molar-refractivity contribution in [1.29, 1.82) is 0 Å². The van der Waals surface area contributed by atoms with Gasteiger partial charge in [-0.25, -0.2) is 4.39 Å². The molecule has 3 aromatic carbocycles. The van der Waals surface area contributed by atoms with Crippen LogP contribution in [-0.4, -0.2) is 42.0 Å². The van der Waals surface area contributed by atoms with Crippen LogP contribution in [0.3, 0.4) is 0 Å². The van der Waals surface area contributed by atoms with Crippen molar-refractivity contribution >= 4 is 38.8 Å². The molecule has 1 unspecified atom stereocenters. The fourth-order valence-corrected chi connectivity index (χ4v) is 6.03. The van der Waals surface area contributed by atoms with Gasteiger partial charge in [0, 0.05) is 34.3 Å². The Morgan fingerprint density at radius 2 is 1.97 bits per heavy atom. The lowest BCUT2D eigenvalue weighted by atomic mass is 9.98. The van der Waals surface area contributed by atoms with Gasteiger partial charge in [0.2, 0.25) is 5.78 Å². The van der Waals surface area contributed by atoms with Crippen LogP contribution in [0, 0.1) is 11.7 Å². The minimum atomic E-state index is -0.497. The predicted octanol–water partition coefficient (Wildman–Crippen LogP) is 7.02. The number of carbonyl (C=O) groups is 1. The summed E-state index contributed by atoms with van der Waals surface area (Å²) in [5.41, 5.74) is 1.85. The highest BCUT2D eigenvalue weighted by Gasteiger charge is 2.23. The monoisotopic (exact) mass is 509 g/mol. The first-order valence-electron chi connectivity index (χ1n) is 11.6. The van der Waals surface area contributed by atoms with Crippen LogP contribution in [0.1, 0.15) is 28.6 Å². The third-order valence-electron chi connectivity index (χ3n) is 6.38. The van der Waals surface area contributed by atoms with E-state index in [1.165, 1.54) is 29.9 Å². The SMILES string of the molecule is CC1CCN(CCOc2ccc(-c3c(C(=O)c4ccc(F)cc4Cl)sc4cc(O)ccc34)cc2)C1. The number of likely N-dealkylation sites (tertiary alicyclic amines) is 1. The Bertz CT molecular complexity index is 1390. The maximum Gasteiger partial charge on any atom is 0.205 e. The first-order chi connectivity index (χ1) is 16.9. The third-order valence-corrected chi connectivity index (χ3v) is 7.85. The zero-order chi connectivity index (χ0) is 24.5. The molecule has 0 aliphatic carbocycles. The Morgan fingerprint density at radius 1 is 1.17 bits per heavy atom. The Morgan fingerprint density at radius 3 is 2.69 bits per heavy atom. The van der Waals surface area contributed by atoms with E-state index in [2.05, 4.69) is 11.8 Å². The second-order valence-electron chi connectivity index (χ2n) is 9.01. The highest BCUT2D eigenvalue weighted by Crippen LogP contribution is 2.42. The maximum absolute atomic E-state index is 13.6. The zero-order valence-electron chi connectivity index (χ0n) is 19.3. The van der Waals surface area contributed by atoms with E-state index in [0.717, 1.165) is 58.6 Å². The van der Waals surface area contributed by atoms with Crippen molar-refractivity contribution in [3.8, 4) is 22.6 Å². The minimum Gasteiger partial charge on any atom is -0.508 e. The largest absolute Gasteiger partial charge is 0.508 e. The fourth-order valence-electron chi connectivity index (χ4n) is 4.57. The van der Waals surface area contributed by atoms with Crippen LogP contribution in [0.25, 0.3) is 21.2 Å². The smallest absolute Gasteiger partial charge is 0.205 e. The molecule has 1 fully saturated rings. The molecule has 1 aromatic heterocycles. The quantitative estimate of drug-likeness (QED) is 0.272. The number of hydrogen-bond donors (Lipinski definition) is 1. The van der Waals surface area contributed by atoms with Crippen LogP contribution in [0.15, 0.2) is 60.7 Å². The summed E-state index contributed by atoms with van der Waals surface area (Å²) in [4.78, 5) is 16.4. The molecule has 4 nitrogen and oxygen atoms in total. The van der Waals surface area contributed by atoms with Crippen molar-refractivity contribution in [2.75, 3.05) is 26.2 Å².